The Morgan fingerprint density at radius 3 is 2.41 bits per heavy atom. The number of carboxylic acids is 2. The molecular formula is C10H8FO10P-4. The summed E-state index contributed by atoms with van der Waals surface area (Å²) in [5.74, 6) is -5.30. The lowest BCUT2D eigenvalue weighted by Crippen LogP contribution is -2.46. The Morgan fingerprint density at radius 2 is 2.00 bits per heavy atom. The Balaban J connectivity index is 3.07. The number of phosphoric ester groups is 1. The molecule has 12 heteroatoms. The second-order valence-electron chi connectivity index (χ2n) is 4.11. The van der Waals surface area contributed by atoms with Gasteiger partial charge >= 0.3 is 0 Å². The van der Waals surface area contributed by atoms with Crippen LogP contribution in [0.4, 0.5) is 4.39 Å². The number of carbonyl (C=O) groups excluding carboxylic acids is 2. The minimum absolute atomic E-state index is 0.523. The average Bonchev–Trinajstić information content (AvgIpc) is 2.37. The molecule has 0 saturated heterocycles. The van der Waals surface area contributed by atoms with E-state index in [1.165, 1.54) is 0 Å². The zero-order chi connectivity index (χ0) is 17.1. The molecule has 1 aliphatic carbocycles. The van der Waals surface area contributed by atoms with Crippen LogP contribution in [0.3, 0.4) is 0 Å². The first-order valence-corrected chi connectivity index (χ1v) is 7.00. The van der Waals surface area contributed by atoms with Crippen molar-refractivity contribution in [2.24, 2.45) is 0 Å². The van der Waals surface area contributed by atoms with Crippen molar-refractivity contribution in [3.05, 3.63) is 23.7 Å². The molecule has 10 nitrogen and oxygen atoms in total. The van der Waals surface area contributed by atoms with E-state index in [1.54, 1.807) is 0 Å². The number of phosphoric acid groups is 1. The molecule has 124 valence electrons. The van der Waals surface area contributed by atoms with Crippen molar-refractivity contribution in [3.8, 4) is 0 Å². The van der Waals surface area contributed by atoms with Crippen LogP contribution in [0.15, 0.2) is 23.7 Å². The molecule has 0 spiro atoms. The molecule has 0 aromatic carbocycles. The van der Waals surface area contributed by atoms with Gasteiger partial charge in [0.1, 0.15) is 24.5 Å². The highest BCUT2D eigenvalue weighted by Gasteiger charge is 2.35. The number of hydrogen-bond acceptors (Lipinski definition) is 10. The summed E-state index contributed by atoms with van der Waals surface area (Å²) >= 11 is 0. The van der Waals surface area contributed by atoms with Crippen LogP contribution in [0.25, 0.3) is 0 Å². The van der Waals surface area contributed by atoms with E-state index in [0.29, 0.717) is 6.08 Å². The van der Waals surface area contributed by atoms with Gasteiger partial charge in [-0.15, -0.1) is 0 Å². The molecule has 0 heterocycles. The second-order valence-corrected chi connectivity index (χ2v) is 5.21. The molecule has 0 radical (unpaired) electrons. The first-order valence-electron chi connectivity index (χ1n) is 5.54. The van der Waals surface area contributed by atoms with Crippen LogP contribution in [0.1, 0.15) is 6.42 Å². The van der Waals surface area contributed by atoms with E-state index in [4.69, 9.17) is 0 Å². The van der Waals surface area contributed by atoms with E-state index in [1.807, 2.05) is 0 Å². The summed E-state index contributed by atoms with van der Waals surface area (Å²) in [4.78, 5) is 42.4. The van der Waals surface area contributed by atoms with Crippen LogP contribution in [0.5, 0.6) is 0 Å². The molecule has 3 atom stereocenters. The van der Waals surface area contributed by atoms with Gasteiger partial charge < -0.3 is 48.5 Å². The van der Waals surface area contributed by atoms with Crippen LogP contribution in [0.2, 0.25) is 0 Å². The number of hydrogen-bond donors (Lipinski definition) is 1. The maximum absolute atomic E-state index is 12.3. The van der Waals surface area contributed by atoms with Crippen LogP contribution in [-0.2, 0) is 23.4 Å². The Morgan fingerprint density at radius 1 is 1.41 bits per heavy atom. The van der Waals surface area contributed by atoms with Crippen LogP contribution in [0, 0.1) is 0 Å². The van der Waals surface area contributed by atoms with Gasteiger partial charge in [-0.1, -0.05) is 0 Å². The van der Waals surface area contributed by atoms with Gasteiger partial charge in [0, 0.05) is 6.42 Å². The molecule has 0 aliphatic heterocycles. The van der Waals surface area contributed by atoms with Crippen molar-refractivity contribution in [2.45, 2.75) is 24.7 Å². The van der Waals surface area contributed by atoms with Crippen molar-refractivity contribution in [1.82, 2.24) is 0 Å². The summed E-state index contributed by atoms with van der Waals surface area (Å²) in [5.41, 5.74) is -0.634. The number of aliphatic carboxylic acids is 2. The van der Waals surface area contributed by atoms with Crippen LogP contribution >= 0.6 is 7.82 Å². The van der Waals surface area contributed by atoms with Gasteiger partial charge in [-0.25, -0.2) is 4.39 Å². The first-order chi connectivity index (χ1) is 10.0. The molecule has 1 rings (SSSR count). The number of ether oxygens (including phenoxy) is 1. The van der Waals surface area contributed by atoms with E-state index >= 15 is 0 Å². The molecule has 0 amide bonds. The number of carboxylic acid groups (broad SMARTS) is 2. The summed E-state index contributed by atoms with van der Waals surface area (Å²) < 4.78 is 31.3. The Bertz CT molecular complexity index is 564. The van der Waals surface area contributed by atoms with Crippen molar-refractivity contribution >= 4 is 19.8 Å². The summed E-state index contributed by atoms with van der Waals surface area (Å²) in [7, 11) is -5.59. The van der Waals surface area contributed by atoms with E-state index in [2.05, 4.69) is 9.26 Å². The zero-order valence-electron chi connectivity index (χ0n) is 10.5. The normalized spacial score (nSPS) is 26.3. The predicted molar refractivity (Wildman–Crippen MR) is 55.3 cm³/mol. The maximum atomic E-state index is 12.3. The smallest absolute Gasteiger partial charge is 0.171 e. The molecule has 0 unspecified atom stereocenters. The van der Waals surface area contributed by atoms with Gasteiger partial charge in [0.2, 0.25) is 0 Å². The van der Waals surface area contributed by atoms with Crippen LogP contribution in [-0.4, -0.2) is 35.4 Å². The van der Waals surface area contributed by atoms with Crippen molar-refractivity contribution < 1.29 is 52.9 Å². The standard InChI is InChI=1S/C10H12FO10P/c11-3-7(10(15)16)20-5-1-4(9(13)14)2-6(8(5)12)21-22(17,18)19/h1,3,5-6,8,12H,2H2,(H,13,14)(H,15,16)(H2,17,18,19)/p-4/b7-3-/t5-,6-,8+/m1/s1. The SMILES string of the molecule is O=C([O-])C1=C[C@@H](O/C(=C\F)C(=O)[O-])[C@H](O)[C@H](OP(=O)([O-])[O-])C1. The summed E-state index contributed by atoms with van der Waals surface area (Å²) in [6.45, 7) is 0. The van der Waals surface area contributed by atoms with Crippen LogP contribution < -0.4 is 20.0 Å². The van der Waals surface area contributed by atoms with Gasteiger partial charge in [0.15, 0.2) is 5.76 Å². The van der Waals surface area contributed by atoms with E-state index in [9.17, 15) is 43.7 Å². The zero-order valence-corrected chi connectivity index (χ0v) is 11.4. The third kappa shape index (κ3) is 4.90. The molecule has 22 heavy (non-hydrogen) atoms. The topological polar surface area (TPSA) is 182 Å². The van der Waals surface area contributed by atoms with Crippen molar-refractivity contribution in [3.63, 3.8) is 0 Å². The van der Waals surface area contributed by atoms with Gasteiger partial charge in [0.25, 0.3) is 0 Å². The minimum atomic E-state index is -5.59. The fourth-order valence-corrected chi connectivity index (χ4v) is 2.23. The summed E-state index contributed by atoms with van der Waals surface area (Å²) in [6.07, 6.45) is -6.23. The van der Waals surface area contributed by atoms with Gasteiger partial charge in [-0.3, -0.25) is 0 Å². The fraction of sp³-hybridized carbons (Fsp3) is 0.400. The minimum Gasteiger partial charge on any atom is -0.790 e. The molecular weight excluding hydrogens is 330 g/mol. The lowest BCUT2D eigenvalue weighted by atomic mass is 9.92. The largest absolute Gasteiger partial charge is 0.790 e. The second kappa shape index (κ2) is 6.99. The Labute approximate surface area is 122 Å². The van der Waals surface area contributed by atoms with Gasteiger partial charge in [-0.05, 0) is 11.6 Å². The van der Waals surface area contributed by atoms with Crippen molar-refractivity contribution in [1.29, 1.82) is 0 Å². The summed E-state index contributed by atoms with van der Waals surface area (Å²) in [6, 6.07) is 0. The third-order valence-electron chi connectivity index (χ3n) is 2.59. The molecule has 0 bridgehead atoms. The molecule has 0 aromatic heterocycles. The summed E-state index contributed by atoms with van der Waals surface area (Å²) in [5, 5.41) is 31.0. The monoisotopic (exact) mass is 338 g/mol. The third-order valence-corrected chi connectivity index (χ3v) is 3.12. The van der Waals surface area contributed by atoms with E-state index in [-0.39, 0.29) is 0 Å². The molecule has 1 aliphatic rings. The van der Waals surface area contributed by atoms with Gasteiger partial charge in [0.05, 0.1) is 19.9 Å². The number of halogens is 1. The highest BCUT2D eigenvalue weighted by atomic mass is 31.2. The maximum Gasteiger partial charge on any atom is 0.171 e. The number of carbonyl (C=O) groups is 2. The molecule has 0 saturated carbocycles. The number of aliphatic hydroxyl groups excluding tert-OH is 1. The predicted octanol–water partition coefficient (Wildman–Crippen LogP) is -4.41. The molecule has 0 aromatic rings. The van der Waals surface area contributed by atoms with Crippen molar-refractivity contribution in [2.75, 3.05) is 0 Å². The fourth-order valence-electron chi connectivity index (χ4n) is 1.70. The highest BCUT2D eigenvalue weighted by molar-refractivity contribution is 7.43. The lowest BCUT2D eigenvalue weighted by molar-refractivity contribution is -0.347. The number of aliphatic hydroxyl groups is 1. The lowest BCUT2D eigenvalue weighted by Gasteiger charge is -2.40. The first kappa shape index (κ1) is 18.3. The van der Waals surface area contributed by atoms with E-state index < -0.39 is 62.2 Å². The number of rotatable bonds is 6. The Hall–Kier alpha value is -1.78. The Kier molecular flexibility index (Phi) is 5.80. The average molecular weight is 338 g/mol. The van der Waals surface area contributed by atoms with Gasteiger partial charge in [-0.2, -0.15) is 0 Å². The molecule has 0 fully saturated rings. The highest BCUT2D eigenvalue weighted by Crippen LogP contribution is 2.35. The molecule has 1 N–H and O–H groups in total. The quantitative estimate of drug-likeness (QED) is 0.282. The van der Waals surface area contributed by atoms with E-state index in [0.717, 1.165) is 0 Å².